The van der Waals surface area contributed by atoms with Gasteiger partial charge >= 0.3 is 0 Å². The van der Waals surface area contributed by atoms with Gasteiger partial charge in [0.2, 0.25) is 0 Å². The lowest BCUT2D eigenvalue weighted by atomic mass is 10.0. The minimum atomic E-state index is -0.527. The molecule has 0 heterocycles. The van der Waals surface area contributed by atoms with Crippen molar-refractivity contribution in [3.8, 4) is 0 Å². The zero-order chi connectivity index (χ0) is 14.8. The van der Waals surface area contributed by atoms with Gasteiger partial charge in [-0.15, -0.1) is 0 Å². The van der Waals surface area contributed by atoms with Gasteiger partial charge in [-0.3, -0.25) is 0 Å². The highest BCUT2D eigenvalue weighted by molar-refractivity contribution is 5.16. The van der Waals surface area contributed by atoms with Crippen molar-refractivity contribution in [1.29, 1.82) is 0 Å². The summed E-state index contributed by atoms with van der Waals surface area (Å²) in [5.74, 6) is 0. The molecule has 0 saturated carbocycles. The van der Waals surface area contributed by atoms with Gasteiger partial charge in [0.05, 0.1) is 12.2 Å². The van der Waals surface area contributed by atoms with E-state index in [2.05, 4.69) is 5.32 Å². The van der Waals surface area contributed by atoms with Crippen LogP contribution in [0.4, 0.5) is 0 Å². The third-order valence-corrected chi connectivity index (χ3v) is 3.11. The molecular weight excluding hydrogens is 252 g/mol. The average Bonchev–Trinajstić information content (AvgIpc) is 2.43. The molecule has 0 fully saturated rings. The molecule has 1 aromatic carbocycles. The predicted octanol–water partition coefficient (Wildman–Crippen LogP) is 1.32. The molecule has 0 radical (unpaired) electrons. The maximum Gasteiger partial charge on any atom is 0.0818 e. The van der Waals surface area contributed by atoms with Crippen LogP contribution in [-0.4, -0.2) is 43.1 Å². The maximum absolute atomic E-state index is 10.0. The summed E-state index contributed by atoms with van der Waals surface area (Å²) in [6.07, 6.45) is 1.39. The molecule has 0 amide bonds. The summed E-state index contributed by atoms with van der Waals surface area (Å²) in [4.78, 5) is 0. The molecule has 0 aromatic heterocycles. The molecule has 0 aliphatic heterocycles. The molecule has 0 spiro atoms. The Morgan fingerprint density at radius 2 is 1.95 bits per heavy atom. The van der Waals surface area contributed by atoms with E-state index in [0.717, 1.165) is 25.1 Å². The molecule has 0 saturated heterocycles. The second-order valence-corrected chi connectivity index (χ2v) is 5.40. The summed E-state index contributed by atoms with van der Waals surface area (Å²) in [6.45, 7) is 6.16. The SMILES string of the molecule is CC(C)OCCCNC[C@@H](O)[C@@H](N)Cc1ccccc1. The standard InChI is InChI=1S/C16H28N2O2/c1-13(2)20-10-6-9-18-12-16(19)15(17)11-14-7-4-3-5-8-14/h3-5,7-8,13,15-16,18-19H,6,9-12,17H2,1-2H3/t15-,16+/m0/s1. The Balaban J connectivity index is 2.11. The van der Waals surface area contributed by atoms with Gasteiger partial charge in [-0.05, 0) is 38.8 Å². The van der Waals surface area contributed by atoms with Crippen LogP contribution in [0.5, 0.6) is 0 Å². The first kappa shape index (κ1) is 17.1. The lowest BCUT2D eigenvalue weighted by Gasteiger charge is -2.19. The van der Waals surface area contributed by atoms with E-state index in [1.807, 2.05) is 44.2 Å². The third kappa shape index (κ3) is 7.60. The third-order valence-electron chi connectivity index (χ3n) is 3.11. The van der Waals surface area contributed by atoms with Gasteiger partial charge in [0.1, 0.15) is 0 Å². The second kappa shape index (κ2) is 9.88. The van der Waals surface area contributed by atoms with Crippen LogP contribution in [-0.2, 0) is 11.2 Å². The number of nitrogens with two attached hydrogens (primary N) is 1. The van der Waals surface area contributed by atoms with E-state index in [0.29, 0.717) is 13.0 Å². The normalized spacial score (nSPS) is 14.4. The fourth-order valence-electron chi connectivity index (χ4n) is 1.94. The highest BCUT2D eigenvalue weighted by atomic mass is 16.5. The van der Waals surface area contributed by atoms with Crippen LogP contribution in [0.3, 0.4) is 0 Å². The van der Waals surface area contributed by atoms with E-state index in [9.17, 15) is 5.11 Å². The fraction of sp³-hybridized carbons (Fsp3) is 0.625. The van der Waals surface area contributed by atoms with Gasteiger partial charge in [-0.2, -0.15) is 0 Å². The van der Waals surface area contributed by atoms with Crippen molar-refractivity contribution in [2.75, 3.05) is 19.7 Å². The number of hydrogen-bond donors (Lipinski definition) is 3. The fourth-order valence-corrected chi connectivity index (χ4v) is 1.94. The van der Waals surface area contributed by atoms with E-state index in [4.69, 9.17) is 10.5 Å². The molecule has 0 bridgehead atoms. The lowest BCUT2D eigenvalue weighted by Crippen LogP contribution is -2.43. The molecule has 0 unspecified atom stereocenters. The number of benzene rings is 1. The van der Waals surface area contributed by atoms with E-state index >= 15 is 0 Å². The number of hydrogen-bond acceptors (Lipinski definition) is 4. The van der Waals surface area contributed by atoms with Crippen molar-refractivity contribution < 1.29 is 9.84 Å². The first-order valence-electron chi connectivity index (χ1n) is 7.39. The second-order valence-electron chi connectivity index (χ2n) is 5.40. The molecule has 1 rings (SSSR count). The molecule has 4 nitrogen and oxygen atoms in total. The monoisotopic (exact) mass is 280 g/mol. The number of aliphatic hydroxyl groups is 1. The van der Waals surface area contributed by atoms with Crippen molar-refractivity contribution in [2.24, 2.45) is 5.73 Å². The largest absolute Gasteiger partial charge is 0.390 e. The minimum Gasteiger partial charge on any atom is -0.390 e. The van der Waals surface area contributed by atoms with E-state index in [1.54, 1.807) is 0 Å². The summed E-state index contributed by atoms with van der Waals surface area (Å²) in [5.41, 5.74) is 7.17. The molecule has 2 atom stereocenters. The van der Waals surface area contributed by atoms with Gasteiger partial charge in [0.15, 0.2) is 0 Å². The number of rotatable bonds is 10. The molecule has 4 N–H and O–H groups in total. The van der Waals surface area contributed by atoms with Crippen LogP contribution in [0.25, 0.3) is 0 Å². The molecule has 1 aromatic rings. The number of aliphatic hydroxyl groups excluding tert-OH is 1. The van der Waals surface area contributed by atoms with Crippen molar-refractivity contribution >= 4 is 0 Å². The maximum atomic E-state index is 10.0. The lowest BCUT2D eigenvalue weighted by molar-refractivity contribution is 0.0759. The summed E-state index contributed by atoms with van der Waals surface area (Å²) in [6, 6.07) is 9.78. The average molecular weight is 280 g/mol. The Morgan fingerprint density at radius 1 is 1.25 bits per heavy atom. The highest BCUT2D eigenvalue weighted by Crippen LogP contribution is 2.04. The number of nitrogens with one attached hydrogen (secondary N) is 1. The molecule has 4 heteroatoms. The van der Waals surface area contributed by atoms with Crippen LogP contribution < -0.4 is 11.1 Å². The summed E-state index contributed by atoms with van der Waals surface area (Å²) in [7, 11) is 0. The van der Waals surface area contributed by atoms with E-state index < -0.39 is 6.10 Å². The van der Waals surface area contributed by atoms with Gasteiger partial charge in [-0.25, -0.2) is 0 Å². The zero-order valence-corrected chi connectivity index (χ0v) is 12.6. The predicted molar refractivity (Wildman–Crippen MR) is 82.7 cm³/mol. The summed E-state index contributed by atoms with van der Waals surface area (Å²) < 4.78 is 5.45. The van der Waals surface area contributed by atoms with Crippen molar-refractivity contribution in [2.45, 2.75) is 44.9 Å². The molecule has 114 valence electrons. The minimum absolute atomic E-state index is 0.239. The van der Waals surface area contributed by atoms with Crippen LogP contribution in [0.2, 0.25) is 0 Å². The smallest absolute Gasteiger partial charge is 0.0818 e. The first-order valence-corrected chi connectivity index (χ1v) is 7.39. The Kier molecular flexibility index (Phi) is 8.46. The molecule has 0 aliphatic rings. The van der Waals surface area contributed by atoms with E-state index in [-0.39, 0.29) is 12.1 Å². The van der Waals surface area contributed by atoms with Gasteiger partial charge < -0.3 is 20.9 Å². The topological polar surface area (TPSA) is 67.5 Å². The van der Waals surface area contributed by atoms with Crippen LogP contribution in [0, 0.1) is 0 Å². The van der Waals surface area contributed by atoms with Gasteiger partial charge in [-0.1, -0.05) is 30.3 Å². The summed E-state index contributed by atoms with van der Waals surface area (Å²) >= 11 is 0. The molecule has 0 aliphatic carbocycles. The highest BCUT2D eigenvalue weighted by Gasteiger charge is 2.14. The van der Waals surface area contributed by atoms with Crippen LogP contribution in [0.15, 0.2) is 30.3 Å². The zero-order valence-electron chi connectivity index (χ0n) is 12.6. The number of ether oxygens (including phenoxy) is 1. The molecular formula is C16H28N2O2. The Morgan fingerprint density at radius 3 is 2.60 bits per heavy atom. The van der Waals surface area contributed by atoms with Crippen molar-refractivity contribution in [1.82, 2.24) is 5.32 Å². The van der Waals surface area contributed by atoms with Gasteiger partial charge in [0, 0.05) is 19.2 Å². The van der Waals surface area contributed by atoms with Crippen LogP contribution >= 0.6 is 0 Å². The van der Waals surface area contributed by atoms with Crippen molar-refractivity contribution in [3.63, 3.8) is 0 Å². The Hall–Kier alpha value is -0.940. The van der Waals surface area contributed by atoms with E-state index in [1.165, 1.54) is 0 Å². The first-order chi connectivity index (χ1) is 9.59. The molecule has 20 heavy (non-hydrogen) atoms. The summed E-state index contributed by atoms with van der Waals surface area (Å²) in [5, 5.41) is 13.2. The van der Waals surface area contributed by atoms with Crippen LogP contribution in [0.1, 0.15) is 25.8 Å². The van der Waals surface area contributed by atoms with Crippen molar-refractivity contribution in [3.05, 3.63) is 35.9 Å². The Bertz CT molecular complexity index is 344. The quantitative estimate of drug-likeness (QED) is 0.566. The van der Waals surface area contributed by atoms with Gasteiger partial charge in [0.25, 0.3) is 0 Å². The Labute approximate surface area is 122 Å².